The highest BCUT2D eigenvalue weighted by atomic mass is 15.1. The predicted octanol–water partition coefficient (Wildman–Crippen LogP) is 3.54. The average Bonchev–Trinajstić information content (AvgIpc) is 2.35. The Morgan fingerprint density at radius 2 is 1.83 bits per heavy atom. The minimum absolute atomic E-state index is 0.290. The molecule has 0 saturated carbocycles. The molecule has 2 nitrogen and oxygen atoms in total. The van der Waals surface area contributed by atoms with Crippen molar-refractivity contribution in [2.75, 3.05) is 31.6 Å². The van der Waals surface area contributed by atoms with Crippen molar-refractivity contribution in [1.82, 2.24) is 5.32 Å². The number of nitrogens with zero attached hydrogens (tertiary/aromatic N) is 1. The minimum atomic E-state index is 0.290. The molecule has 1 N–H and O–H groups in total. The molecule has 0 heterocycles. The van der Waals surface area contributed by atoms with E-state index in [9.17, 15) is 0 Å². The molecule has 0 radical (unpaired) electrons. The van der Waals surface area contributed by atoms with Crippen LogP contribution in [0, 0.1) is 5.41 Å². The van der Waals surface area contributed by atoms with Crippen molar-refractivity contribution in [2.45, 2.75) is 33.6 Å². The molecule has 18 heavy (non-hydrogen) atoms. The van der Waals surface area contributed by atoms with Gasteiger partial charge >= 0.3 is 0 Å². The molecule has 0 aliphatic heterocycles. The van der Waals surface area contributed by atoms with Crippen molar-refractivity contribution in [3.63, 3.8) is 0 Å². The van der Waals surface area contributed by atoms with Gasteiger partial charge in [-0.15, -0.1) is 0 Å². The first kappa shape index (κ1) is 15.0. The Kier molecular flexibility index (Phi) is 6.20. The van der Waals surface area contributed by atoms with E-state index in [2.05, 4.69) is 61.3 Å². The molecular weight excluding hydrogens is 220 g/mol. The summed E-state index contributed by atoms with van der Waals surface area (Å²) in [5, 5.41) is 3.29. The Hall–Kier alpha value is -1.02. The van der Waals surface area contributed by atoms with Gasteiger partial charge in [-0.25, -0.2) is 0 Å². The molecule has 0 aliphatic carbocycles. The molecule has 0 fully saturated rings. The van der Waals surface area contributed by atoms with Crippen LogP contribution in [0.3, 0.4) is 0 Å². The lowest BCUT2D eigenvalue weighted by Crippen LogP contribution is -2.40. The van der Waals surface area contributed by atoms with E-state index in [1.165, 1.54) is 18.5 Å². The van der Waals surface area contributed by atoms with Gasteiger partial charge in [0.05, 0.1) is 0 Å². The molecule has 0 amide bonds. The van der Waals surface area contributed by atoms with Gasteiger partial charge in [-0.3, -0.25) is 0 Å². The normalized spacial score (nSPS) is 11.6. The average molecular weight is 248 g/mol. The molecule has 2 heteroatoms. The molecule has 0 unspecified atom stereocenters. The van der Waals surface area contributed by atoms with Gasteiger partial charge in [0.2, 0.25) is 0 Å². The van der Waals surface area contributed by atoms with Crippen LogP contribution in [-0.2, 0) is 0 Å². The number of hydrogen-bond acceptors (Lipinski definition) is 2. The van der Waals surface area contributed by atoms with Crippen LogP contribution in [0.15, 0.2) is 30.3 Å². The van der Waals surface area contributed by atoms with E-state index in [0.29, 0.717) is 5.41 Å². The molecule has 0 aliphatic rings. The smallest absolute Gasteiger partial charge is 0.0366 e. The first-order valence-electron chi connectivity index (χ1n) is 7.03. The predicted molar refractivity (Wildman–Crippen MR) is 81.3 cm³/mol. The third-order valence-electron chi connectivity index (χ3n) is 3.18. The fourth-order valence-electron chi connectivity index (χ4n) is 2.34. The molecule has 0 saturated heterocycles. The number of anilines is 1. The summed E-state index contributed by atoms with van der Waals surface area (Å²) < 4.78 is 0. The first-order valence-corrected chi connectivity index (χ1v) is 7.03. The summed E-state index contributed by atoms with van der Waals surface area (Å²) in [5.41, 5.74) is 1.63. The largest absolute Gasteiger partial charge is 0.371 e. The second-order valence-corrected chi connectivity index (χ2v) is 5.81. The van der Waals surface area contributed by atoms with Crippen molar-refractivity contribution in [3.8, 4) is 0 Å². The molecule has 1 aromatic carbocycles. The molecule has 0 atom stereocenters. The van der Waals surface area contributed by atoms with Crippen LogP contribution in [-0.4, -0.2) is 26.7 Å². The van der Waals surface area contributed by atoms with Crippen LogP contribution >= 0.6 is 0 Å². The van der Waals surface area contributed by atoms with Gasteiger partial charge in [-0.1, -0.05) is 45.4 Å². The van der Waals surface area contributed by atoms with E-state index < -0.39 is 0 Å². The number of para-hydroxylation sites is 1. The van der Waals surface area contributed by atoms with Crippen LogP contribution in [0.4, 0.5) is 5.69 Å². The molecule has 0 spiro atoms. The number of benzene rings is 1. The maximum absolute atomic E-state index is 3.29. The fraction of sp³-hybridized carbons (Fsp3) is 0.625. The van der Waals surface area contributed by atoms with Gasteiger partial charge in [0.25, 0.3) is 0 Å². The van der Waals surface area contributed by atoms with Crippen molar-refractivity contribution >= 4 is 5.69 Å². The zero-order valence-corrected chi connectivity index (χ0v) is 12.4. The van der Waals surface area contributed by atoms with Crippen molar-refractivity contribution in [2.24, 2.45) is 5.41 Å². The Labute approximate surface area is 112 Å². The van der Waals surface area contributed by atoms with Crippen molar-refractivity contribution < 1.29 is 0 Å². The summed E-state index contributed by atoms with van der Waals surface area (Å²) in [5.74, 6) is 0. The third-order valence-corrected chi connectivity index (χ3v) is 3.18. The van der Waals surface area contributed by atoms with E-state index in [-0.39, 0.29) is 0 Å². The molecule has 102 valence electrons. The Bertz CT molecular complexity index is 319. The van der Waals surface area contributed by atoms with Crippen LogP contribution in [0.25, 0.3) is 0 Å². The van der Waals surface area contributed by atoms with E-state index in [4.69, 9.17) is 0 Å². The van der Waals surface area contributed by atoms with E-state index in [1.807, 2.05) is 7.05 Å². The number of nitrogens with one attached hydrogen (secondary N) is 1. The van der Waals surface area contributed by atoms with E-state index in [0.717, 1.165) is 19.6 Å². The van der Waals surface area contributed by atoms with Crippen LogP contribution in [0.2, 0.25) is 0 Å². The summed E-state index contributed by atoms with van der Waals surface area (Å²) in [6, 6.07) is 10.8. The zero-order valence-electron chi connectivity index (χ0n) is 12.4. The Morgan fingerprint density at radius 1 is 1.17 bits per heavy atom. The van der Waals surface area contributed by atoms with Gasteiger partial charge in [-0.05, 0) is 31.0 Å². The maximum Gasteiger partial charge on any atom is 0.0366 e. The second-order valence-electron chi connectivity index (χ2n) is 5.81. The lowest BCUT2D eigenvalue weighted by atomic mass is 9.92. The minimum Gasteiger partial charge on any atom is -0.371 e. The Balaban J connectivity index is 2.73. The monoisotopic (exact) mass is 248 g/mol. The summed E-state index contributed by atoms with van der Waals surface area (Å²) in [6.45, 7) is 10.2. The molecule has 1 rings (SSSR count). The lowest BCUT2D eigenvalue weighted by molar-refractivity contribution is 0.351. The van der Waals surface area contributed by atoms with Crippen molar-refractivity contribution in [1.29, 1.82) is 0 Å². The quantitative estimate of drug-likeness (QED) is 0.757. The van der Waals surface area contributed by atoms with Crippen LogP contribution in [0.5, 0.6) is 0 Å². The first-order chi connectivity index (χ1) is 8.59. The van der Waals surface area contributed by atoms with E-state index >= 15 is 0 Å². The summed E-state index contributed by atoms with van der Waals surface area (Å²) >= 11 is 0. The maximum atomic E-state index is 3.29. The third kappa shape index (κ3) is 5.09. The summed E-state index contributed by atoms with van der Waals surface area (Å²) in [7, 11) is 2.03. The van der Waals surface area contributed by atoms with Gasteiger partial charge in [0.1, 0.15) is 0 Å². The van der Waals surface area contributed by atoms with Gasteiger partial charge in [0.15, 0.2) is 0 Å². The van der Waals surface area contributed by atoms with Gasteiger partial charge in [-0.2, -0.15) is 0 Å². The summed E-state index contributed by atoms with van der Waals surface area (Å²) in [4.78, 5) is 2.51. The second kappa shape index (κ2) is 7.42. The topological polar surface area (TPSA) is 15.3 Å². The molecule has 1 aromatic rings. The zero-order chi connectivity index (χ0) is 13.4. The van der Waals surface area contributed by atoms with E-state index in [1.54, 1.807) is 0 Å². The number of unbranched alkanes of at least 4 members (excludes halogenated alkanes) is 1. The number of rotatable bonds is 8. The highest BCUT2D eigenvalue weighted by molar-refractivity contribution is 5.46. The fourth-order valence-corrected chi connectivity index (χ4v) is 2.34. The highest BCUT2D eigenvalue weighted by Crippen LogP contribution is 2.22. The molecule has 0 aromatic heterocycles. The molecular formula is C16H28N2. The van der Waals surface area contributed by atoms with Gasteiger partial charge < -0.3 is 10.2 Å². The lowest BCUT2D eigenvalue weighted by Gasteiger charge is -2.34. The van der Waals surface area contributed by atoms with Crippen molar-refractivity contribution in [3.05, 3.63) is 30.3 Å². The summed E-state index contributed by atoms with van der Waals surface area (Å²) in [6.07, 6.45) is 2.50. The number of hydrogen-bond donors (Lipinski definition) is 1. The SMILES string of the molecule is CCCCN(CC(C)(C)CNC)c1ccccc1. The van der Waals surface area contributed by atoms with Crippen LogP contribution < -0.4 is 10.2 Å². The Morgan fingerprint density at radius 3 is 2.39 bits per heavy atom. The van der Waals surface area contributed by atoms with Gasteiger partial charge in [0, 0.05) is 25.3 Å². The standard InChI is InChI=1S/C16H28N2/c1-5-6-12-18(14-16(2,3)13-17-4)15-10-8-7-9-11-15/h7-11,17H,5-6,12-14H2,1-4H3. The highest BCUT2D eigenvalue weighted by Gasteiger charge is 2.21. The van der Waals surface area contributed by atoms with Crippen LogP contribution in [0.1, 0.15) is 33.6 Å². The molecule has 0 bridgehead atoms.